The fourth-order valence-electron chi connectivity index (χ4n) is 2.90. The highest BCUT2D eigenvalue weighted by Crippen LogP contribution is 2.38. The highest BCUT2D eigenvalue weighted by Gasteiger charge is 2.48. The minimum Gasteiger partial charge on any atom is -0.481 e. The minimum atomic E-state index is -0.867. The molecule has 1 saturated heterocycles. The summed E-state index contributed by atoms with van der Waals surface area (Å²) in [5, 5.41) is 14.5. The largest absolute Gasteiger partial charge is 0.481 e. The highest BCUT2D eigenvalue weighted by atomic mass is 32.1. The first kappa shape index (κ1) is 19.4. The second kappa shape index (κ2) is 7.51. The van der Waals surface area contributed by atoms with Gasteiger partial charge in [0, 0.05) is 24.4 Å². The van der Waals surface area contributed by atoms with E-state index in [1.165, 1.54) is 11.3 Å². The molecule has 2 heterocycles. The van der Waals surface area contributed by atoms with Crippen molar-refractivity contribution in [3.05, 3.63) is 11.1 Å². The Morgan fingerprint density at radius 1 is 1.36 bits per heavy atom. The number of thiazole rings is 1. The molecule has 0 bridgehead atoms. The molecular weight excluding hydrogens is 342 g/mol. The molecule has 0 aliphatic carbocycles. The molecule has 1 aromatic rings. The van der Waals surface area contributed by atoms with Gasteiger partial charge in [0.1, 0.15) is 0 Å². The van der Waals surface area contributed by atoms with Gasteiger partial charge in [0.25, 0.3) is 0 Å². The number of aromatic nitrogens is 1. The summed E-state index contributed by atoms with van der Waals surface area (Å²) in [4.78, 5) is 41.7. The minimum absolute atomic E-state index is 0.0417. The van der Waals surface area contributed by atoms with Crippen molar-refractivity contribution in [1.29, 1.82) is 0 Å². The van der Waals surface area contributed by atoms with E-state index in [0.29, 0.717) is 23.8 Å². The van der Waals surface area contributed by atoms with Crippen LogP contribution in [0, 0.1) is 17.3 Å². The molecule has 1 fully saturated rings. The van der Waals surface area contributed by atoms with Gasteiger partial charge in [0.05, 0.1) is 17.5 Å². The lowest BCUT2D eigenvalue weighted by Crippen LogP contribution is -2.41. The van der Waals surface area contributed by atoms with Gasteiger partial charge in [-0.05, 0) is 12.3 Å². The predicted molar refractivity (Wildman–Crippen MR) is 95.4 cm³/mol. The second-order valence-corrected chi connectivity index (χ2v) is 8.00. The number of carboxylic acids is 1. The molecule has 2 rings (SSSR count). The third-order valence-electron chi connectivity index (χ3n) is 4.82. The Morgan fingerprint density at radius 2 is 2.04 bits per heavy atom. The first-order valence-corrected chi connectivity index (χ1v) is 9.30. The van der Waals surface area contributed by atoms with Crippen LogP contribution >= 0.6 is 11.3 Å². The average Bonchev–Trinajstić information content (AvgIpc) is 3.14. The Kier molecular flexibility index (Phi) is 5.82. The van der Waals surface area contributed by atoms with Crippen LogP contribution < -0.4 is 5.32 Å². The van der Waals surface area contributed by atoms with E-state index in [0.717, 1.165) is 0 Å². The lowest BCUT2D eigenvalue weighted by atomic mass is 9.76. The van der Waals surface area contributed by atoms with Gasteiger partial charge in [0.2, 0.25) is 11.8 Å². The van der Waals surface area contributed by atoms with Crippen molar-refractivity contribution in [3.8, 4) is 0 Å². The van der Waals surface area contributed by atoms with Crippen LogP contribution in [0.3, 0.4) is 0 Å². The summed E-state index contributed by atoms with van der Waals surface area (Å²) in [6, 6.07) is 0. The zero-order valence-electron chi connectivity index (χ0n) is 15.0. The van der Waals surface area contributed by atoms with Crippen LogP contribution in [0.15, 0.2) is 5.38 Å². The molecule has 25 heavy (non-hydrogen) atoms. The lowest BCUT2D eigenvalue weighted by molar-refractivity contribution is -0.151. The Hall–Kier alpha value is -1.96. The SMILES string of the molecule is CC(C)C(=O)Nc1nc(CC(=O)N2CCC(C(=O)O)(C(C)C)C2)cs1. The first-order valence-electron chi connectivity index (χ1n) is 8.42. The summed E-state index contributed by atoms with van der Waals surface area (Å²) < 4.78 is 0. The van der Waals surface area contributed by atoms with Gasteiger partial charge < -0.3 is 15.3 Å². The molecule has 1 aromatic heterocycles. The van der Waals surface area contributed by atoms with Gasteiger partial charge in [-0.2, -0.15) is 0 Å². The molecular formula is C17H25N3O4S. The number of nitrogens with zero attached hydrogens (tertiary/aromatic N) is 2. The third-order valence-corrected chi connectivity index (χ3v) is 5.63. The summed E-state index contributed by atoms with van der Waals surface area (Å²) in [5.41, 5.74) is -0.278. The fraction of sp³-hybridized carbons (Fsp3) is 0.647. The third kappa shape index (κ3) is 4.18. The first-order chi connectivity index (χ1) is 11.7. The van der Waals surface area contributed by atoms with Crippen LogP contribution in [0.1, 0.15) is 39.8 Å². The maximum absolute atomic E-state index is 12.5. The van der Waals surface area contributed by atoms with Crippen LogP contribution in [0.4, 0.5) is 5.13 Å². The molecule has 1 aliphatic rings. The summed E-state index contributed by atoms with van der Waals surface area (Å²) >= 11 is 1.28. The summed E-state index contributed by atoms with van der Waals surface area (Å²) in [6.45, 7) is 8.04. The van der Waals surface area contributed by atoms with Crippen molar-refractivity contribution < 1.29 is 19.5 Å². The molecule has 0 saturated carbocycles. The number of hydrogen-bond acceptors (Lipinski definition) is 5. The number of nitrogens with one attached hydrogen (secondary N) is 1. The maximum atomic E-state index is 12.5. The maximum Gasteiger partial charge on any atom is 0.311 e. The van der Waals surface area contributed by atoms with Gasteiger partial charge in [-0.25, -0.2) is 4.98 Å². The van der Waals surface area contributed by atoms with E-state index in [1.807, 2.05) is 13.8 Å². The van der Waals surface area contributed by atoms with Crippen LogP contribution in [0.2, 0.25) is 0 Å². The number of carboxylic acid groups (broad SMARTS) is 1. The van der Waals surface area contributed by atoms with E-state index in [-0.39, 0.29) is 36.6 Å². The van der Waals surface area contributed by atoms with Crippen molar-refractivity contribution >= 4 is 34.3 Å². The van der Waals surface area contributed by atoms with Gasteiger partial charge >= 0.3 is 5.97 Å². The molecule has 1 aliphatic heterocycles. The topological polar surface area (TPSA) is 99.6 Å². The van der Waals surface area contributed by atoms with Crippen LogP contribution in [-0.4, -0.2) is 45.9 Å². The summed E-state index contributed by atoms with van der Waals surface area (Å²) in [5.74, 6) is -1.27. The van der Waals surface area contributed by atoms with Crippen molar-refractivity contribution in [2.45, 2.75) is 40.5 Å². The molecule has 1 atom stereocenters. The van der Waals surface area contributed by atoms with Crippen molar-refractivity contribution in [3.63, 3.8) is 0 Å². The molecule has 0 radical (unpaired) electrons. The predicted octanol–water partition coefficient (Wildman–Crippen LogP) is 2.24. The Bertz CT molecular complexity index is 671. The number of rotatable bonds is 6. The van der Waals surface area contributed by atoms with E-state index in [2.05, 4.69) is 10.3 Å². The number of carbonyl (C=O) groups is 3. The molecule has 1 unspecified atom stereocenters. The molecule has 2 amide bonds. The van der Waals surface area contributed by atoms with E-state index in [4.69, 9.17) is 0 Å². The number of carbonyl (C=O) groups excluding carboxylic acids is 2. The van der Waals surface area contributed by atoms with Crippen molar-refractivity contribution in [2.24, 2.45) is 17.3 Å². The zero-order valence-corrected chi connectivity index (χ0v) is 15.9. The molecule has 2 N–H and O–H groups in total. The van der Waals surface area contributed by atoms with Crippen LogP contribution in [0.5, 0.6) is 0 Å². The molecule has 138 valence electrons. The normalized spacial score (nSPS) is 20.3. The van der Waals surface area contributed by atoms with Crippen LogP contribution in [0.25, 0.3) is 0 Å². The van der Waals surface area contributed by atoms with Crippen molar-refractivity contribution in [1.82, 2.24) is 9.88 Å². The van der Waals surface area contributed by atoms with Crippen LogP contribution in [-0.2, 0) is 20.8 Å². The van der Waals surface area contributed by atoms with E-state index in [1.54, 1.807) is 24.1 Å². The Morgan fingerprint density at radius 3 is 2.56 bits per heavy atom. The molecule has 7 nitrogen and oxygen atoms in total. The molecule has 0 aromatic carbocycles. The van der Waals surface area contributed by atoms with E-state index < -0.39 is 11.4 Å². The quantitative estimate of drug-likeness (QED) is 0.803. The van der Waals surface area contributed by atoms with Crippen molar-refractivity contribution in [2.75, 3.05) is 18.4 Å². The Labute approximate surface area is 151 Å². The summed E-state index contributed by atoms with van der Waals surface area (Å²) in [7, 11) is 0. The average molecular weight is 367 g/mol. The fourth-order valence-corrected chi connectivity index (χ4v) is 3.61. The monoisotopic (exact) mass is 367 g/mol. The number of aliphatic carboxylic acids is 1. The van der Waals surface area contributed by atoms with E-state index in [9.17, 15) is 19.5 Å². The van der Waals surface area contributed by atoms with Gasteiger partial charge in [-0.15, -0.1) is 11.3 Å². The van der Waals surface area contributed by atoms with Gasteiger partial charge in [0.15, 0.2) is 5.13 Å². The van der Waals surface area contributed by atoms with Gasteiger partial charge in [-0.1, -0.05) is 27.7 Å². The Balaban J connectivity index is 1.98. The number of hydrogen-bond donors (Lipinski definition) is 2. The lowest BCUT2D eigenvalue weighted by Gasteiger charge is -2.28. The number of anilines is 1. The molecule has 8 heteroatoms. The summed E-state index contributed by atoms with van der Waals surface area (Å²) in [6.07, 6.45) is 0.584. The highest BCUT2D eigenvalue weighted by molar-refractivity contribution is 7.13. The second-order valence-electron chi connectivity index (χ2n) is 7.15. The number of likely N-dealkylation sites (tertiary alicyclic amines) is 1. The van der Waals surface area contributed by atoms with E-state index >= 15 is 0 Å². The standard InChI is InChI=1S/C17H25N3O4S/c1-10(2)14(22)19-16-18-12(8-25-16)7-13(21)20-6-5-17(9-20,11(3)4)15(23)24/h8,10-11H,5-7,9H2,1-4H3,(H,23,24)(H,18,19,22). The molecule has 0 spiro atoms. The number of amides is 2. The zero-order chi connectivity index (χ0) is 18.8. The smallest absolute Gasteiger partial charge is 0.311 e. The van der Waals surface area contributed by atoms with Gasteiger partial charge in [-0.3, -0.25) is 14.4 Å².